The number of rotatable bonds is 9. The third kappa shape index (κ3) is 15.8. The molecule has 0 saturated carbocycles. The van der Waals surface area contributed by atoms with E-state index in [1.807, 2.05) is 10.9 Å². The molecule has 10 N–H and O–H groups in total. The first-order chi connectivity index (χ1) is 10.2. The summed E-state index contributed by atoms with van der Waals surface area (Å²) < 4.78 is 0. The van der Waals surface area contributed by atoms with Crippen molar-refractivity contribution in [2.24, 2.45) is 17.4 Å². The maximum atomic E-state index is 10.6. The topological polar surface area (TPSA) is 211 Å². The van der Waals surface area contributed by atoms with Crippen LogP contribution < -0.4 is 28.3 Å². The Hall–Kier alpha value is -2.24. The number of unbranched alkanes of at least 4 members (excludes halogenated alkanes) is 1. The molecule has 0 aromatic heterocycles. The van der Waals surface area contributed by atoms with E-state index in [0.717, 1.165) is 0 Å². The van der Waals surface area contributed by atoms with Gasteiger partial charge in [-0.05, 0) is 19.3 Å². The lowest BCUT2D eigenvalue weighted by Gasteiger charge is -2.01. The van der Waals surface area contributed by atoms with Gasteiger partial charge in [-0.1, -0.05) is 0 Å². The standard InChI is InChI=1S/C6H14N4O2.C5H9NO4/c7-9-5(11)3-1-2-4-6(12)10-8;6-3(5(9)10)1-2-4(7)8/h1-4,7-8H2,(H,9,11)(H,10,12);3H,1-2,6H2,(H,7,8)(H,9,10). The second-order valence-corrected chi connectivity index (χ2v) is 4.22. The maximum absolute atomic E-state index is 10.6. The Morgan fingerprint density at radius 3 is 1.55 bits per heavy atom. The number of carbonyl (C=O) groups excluding carboxylic acids is 2. The van der Waals surface area contributed by atoms with Crippen LogP contribution in [0.1, 0.15) is 38.5 Å². The fraction of sp³-hybridized carbons (Fsp3) is 0.636. The second kappa shape index (κ2) is 13.7. The molecule has 0 aromatic carbocycles. The minimum atomic E-state index is -1.17. The molecule has 0 radical (unpaired) electrons. The van der Waals surface area contributed by atoms with Gasteiger partial charge in [0.05, 0.1) is 0 Å². The predicted molar refractivity (Wildman–Crippen MR) is 75.6 cm³/mol. The van der Waals surface area contributed by atoms with Crippen molar-refractivity contribution in [3.8, 4) is 0 Å². The Morgan fingerprint density at radius 1 is 0.864 bits per heavy atom. The average Bonchev–Trinajstić information content (AvgIpc) is 2.48. The molecule has 0 aliphatic rings. The van der Waals surface area contributed by atoms with Crippen molar-refractivity contribution in [3.05, 3.63) is 0 Å². The van der Waals surface area contributed by atoms with Gasteiger partial charge in [0.25, 0.3) is 0 Å². The van der Waals surface area contributed by atoms with Gasteiger partial charge in [0, 0.05) is 19.3 Å². The Balaban J connectivity index is 0. The molecule has 2 amide bonds. The molecule has 22 heavy (non-hydrogen) atoms. The molecule has 0 aliphatic carbocycles. The van der Waals surface area contributed by atoms with Crippen LogP contribution in [0.15, 0.2) is 0 Å². The summed E-state index contributed by atoms with van der Waals surface area (Å²) in [5, 5.41) is 16.3. The summed E-state index contributed by atoms with van der Waals surface area (Å²) in [5.74, 6) is 7.05. The lowest BCUT2D eigenvalue weighted by atomic mass is 10.2. The van der Waals surface area contributed by atoms with Gasteiger partial charge in [0.15, 0.2) is 0 Å². The molecular weight excluding hydrogens is 298 g/mol. The summed E-state index contributed by atoms with van der Waals surface area (Å²) in [6.45, 7) is 0. The zero-order valence-corrected chi connectivity index (χ0v) is 12.1. The van der Waals surface area contributed by atoms with Crippen LogP contribution in [0.25, 0.3) is 0 Å². The van der Waals surface area contributed by atoms with Crippen molar-refractivity contribution in [2.75, 3.05) is 0 Å². The number of amides is 2. The third-order valence-electron chi connectivity index (χ3n) is 2.37. The van der Waals surface area contributed by atoms with Crippen LogP contribution >= 0.6 is 0 Å². The number of carboxylic acid groups (broad SMARTS) is 2. The molecule has 0 aromatic rings. The predicted octanol–water partition coefficient (Wildman–Crippen LogP) is -2.21. The van der Waals surface area contributed by atoms with E-state index in [-0.39, 0.29) is 24.7 Å². The summed E-state index contributed by atoms with van der Waals surface area (Å²) >= 11 is 0. The van der Waals surface area contributed by atoms with Gasteiger partial charge in [-0.25, -0.2) is 11.7 Å². The number of carboxylic acids is 2. The lowest BCUT2D eigenvalue weighted by Crippen LogP contribution is -2.30. The minimum Gasteiger partial charge on any atom is -0.481 e. The maximum Gasteiger partial charge on any atom is 0.320 e. The van der Waals surface area contributed by atoms with Crippen LogP contribution in [0.2, 0.25) is 0 Å². The first-order valence-electron chi connectivity index (χ1n) is 6.43. The highest BCUT2D eigenvalue weighted by molar-refractivity contribution is 5.76. The fourth-order valence-corrected chi connectivity index (χ4v) is 1.12. The second-order valence-electron chi connectivity index (χ2n) is 4.22. The molecule has 0 spiro atoms. The van der Waals surface area contributed by atoms with Crippen LogP contribution in [0.4, 0.5) is 0 Å². The highest BCUT2D eigenvalue weighted by Crippen LogP contribution is 1.98. The normalized spacial score (nSPS) is 10.7. The van der Waals surface area contributed by atoms with E-state index >= 15 is 0 Å². The first kappa shape index (κ1) is 22.0. The summed E-state index contributed by atoms with van der Waals surface area (Å²) in [5.41, 5.74) is 9.01. The number of hydrazine groups is 2. The van der Waals surface area contributed by atoms with Gasteiger partial charge in [-0.15, -0.1) is 0 Å². The van der Waals surface area contributed by atoms with Crippen molar-refractivity contribution < 1.29 is 29.4 Å². The van der Waals surface area contributed by atoms with E-state index in [0.29, 0.717) is 25.7 Å². The Bertz CT molecular complexity index is 358. The number of hydrogen-bond donors (Lipinski definition) is 7. The molecular formula is C11H23N5O6. The molecule has 11 nitrogen and oxygen atoms in total. The van der Waals surface area contributed by atoms with Gasteiger partial charge >= 0.3 is 11.9 Å². The Morgan fingerprint density at radius 2 is 1.27 bits per heavy atom. The van der Waals surface area contributed by atoms with E-state index in [1.54, 1.807) is 0 Å². The van der Waals surface area contributed by atoms with Gasteiger partial charge in [0.1, 0.15) is 6.04 Å². The van der Waals surface area contributed by atoms with Crippen LogP contribution in [0.3, 0.4) is 0 Å². The van der Waals surface area contributed by atoms with E-state index in [9.17, 15) is 19.2 Å². The zero-order chi connectivity index (χ0) is 17.5. The number of aliphatic carboxylic acids is 2. The highest BCUT2D eigenvalue weighted by Gasteiger charge is 2.12. The van der Waals surface area contributed by atoms with Crippen LogP contribution in [0, 0.1) is 0 Å². The molecule has 128 valence electrons. The van der Waals surface area contributed by atoms with Crippen molar-refractivity contribution in [2.45, 2.75) is 44.6 Å². The molecule has 11 heteroatoms. The largest absolute Gasteiger partial charge is 0.481 e. The van der Waals surface area contributed by atoms with Crippen LogP contribution in [-0.4, -0.2) is 40.0 Å². The molecule has 0 rings (SSSR count). The van der Waals surface area contributed by atoms with E-state index in [4.69, 9.17) is 27.6 Å². The van der Waals surface area contributed by atoms with E-state index in [1.165, 1.54) is 0 Å². The van der Waals surface area contributed by atoms with Crippen molar-refractivity contribution in [1.29, 1.82) is 0 Å². The smallest absolute Gasteiger partial charge is 0.320 e. The van der Waals surface area contributed by atoms with E-state index < -0.39 is 18.0 Å². The molecule has 0 bridgehead atoms. The Kier molecular flexibility index (Phi) is 13.8. The minimum absolute atomic E-state index is 0.0231. The van der Waals surface area contributed by atoms with Gasteiger partial charge in [0.2, 0.25) is 11.8 Å². The fourth-order valence-electron chi connectivity index (χ4n) is 1.12. The van der Waals surface area contributed by atoms with Crippen LogP contribution in [0.5, 0.6) is 0 Å². The van der Waals surface area contributed by atoms with E-state index in [2.05, 4.69) is 0 Å². The first-order valence-corrected chi connectivity index (χ1v) is 6.43. The molecule has 0 aliphatic heterocycles. The third-order valence-corrected chi connectivity index (χ3v) is 2.37. The summed E-state index contributed by atoms with van der Waals surface area (Å²) in [6.07, 6.45) is 1.73. The summed E-state index contributed by atoms with van der Waals surface area (Å²) in [4.78, 5) is 41.0. The van der Waals surface area contributed by atoms with Crippen LogP contribution in [-0.2, 0) is 19.2 Å². The summed E-state index contributed by atoms with van der Waals surface area (Å²) in [7, 11) is 0. The molecule has 0 saturated heterocycles. The molecule has 0 fully saturated rings. The summed E-state index contributed by atoms with van der Waals surface area (Å²) in [6, 6.07) is -1.06. The molecule has 1 unspecified atom stereocenters. The number of carbonyl (C=O) groups is 4. The lowest BCUT2D eigenvalue weighted by molar-refractivity contribution is -0.140. The number of nitrogens with two attached hydrogens (primary N) is 3. The average molecular weight is 321 g/mol. The van der Waals surface area contributed by atoms with Crippen molar-refractivity contribution in [1.82, 2.24) is 10.9 Å². The molecule has 1 atom stereocenters. The van der Waals surface area contributed by atoms with Crippen molar-refractivity contribution in [3.63, 3.8) is 0 Å². The van der Waals surface area contributed by atoms with Gasteiger partial charge < -0.3 is 15.9 Å². The quantitative estimate of drug-likeness (QED) is 0.106. The SMILES string of the molecule is NC(CCC(=O)O)C(=O)O.NNC(=O)CCCCC(=O)NN. The highest BCUT2D eigenvalue weighted by atomic mass is 16.4. The number of nitrogens with one attached hydrogen (secondary N) is 2. The van der Waals surface area contributed by atoms with Gasteiger partial charge in [-0.2, -0.15) is 0 Å². The monoisotopic (exact) mass is 321 g/mol. The molecule has 0 heterocycles. The van der Waals surface area contributed by atoms with Gasteiger partial charge in [-0.3, -0.25) is 30.0 Å². The zero-order valence-electron chi connectivity index (χ0n) is 12.1. The van der Waals surface area contributed by atoms with Crippen molar-refractivity contribution >= 4 is 23.8 Å². The number of hydrogen-bond acceptors (Lipinski definition) is 7. The Labute approximate surface area is 127 Å².